The number of rotatable bonds is 6. The first kappa shape index (κ1) is 17.8. The monoisotopic (exact) mass is 355 g/mol. The maximum absolute atomic E-state index is 12.6. The lowest BCUT2D eigenvalue weighted by molar-refractivity contribution is -0.122. The molecular formula is C18H21N5O3. The molecule has 0 aliphatic rings. The van der Waals surface area contributed by atoms with Gasteiger partial charge in [0.15, 0.2) is 0 Å². The number of carbonyl (C=O) groups excluding carboxylic acids is 1. The van der Waals surface area contributed by atoms with Crippen LogP contribution in [0.1, 0.15) is 35.1 Å². The Morgan fingerprint density at radius 2 is 2.00 bits per heavy atom. The molecule has 26 heavy (non-hydrogen) atoms. The Kier molecular flexibility index (Phi) is 5.13. The van der Waals surface area contributed by atoms with Crippen molar-refractivity contribution in [3.05, 3.63) is 63.3 Å². The fraction of sp³-hybridized carbons (Fsp3) is 0.333. The van der Waals surface area contributed by atoms with Crippen LogP contribution in [0.3, 0.4) is 0 Å². The minimum absolute atomic E-state index is 0.125. The number of aromatic nitrogens is 4. The standard InChI is InChI=1S/C18H21N5O3/c1-11-14(17(26)23-18(19-11)20-12(2)22-23)8-9-16(25)21-15(10-24)13-6-4-3-5-7-13/h3-7,15,24H,8-10H2,1-2H3,(H,21,25)(H,19,20,22)/t15-/m1/s1. The summed E-state index contributed by atoms with van der Waals surface area (Å²) < 4.78 is 1.29. The number of carbonyl (C=O) groups is 1. The van der Waals surface area contributed by atoms with E-state index in [0.717, 1.165) is 5.56 Å². The largest absolute Gasteiger partial charge is 0.394 e. The SMILES string of the molecule is Cc1nc2nc(C)c(CCC(=O)N[C@H](CO)c3ccccc3)c(=O)n2[nH]1. The Balaban J connectivity index is 1.71. The predicted molar refractivity (Wildman–Crippen MR) is 95.8 cm³/mol. The smallest absolute Gasteiger partial charge is 0.277 e. The second-order valence-corrected chi connectivity index (χ2v) is 6.14. The molecule has 3 N–H and O–H groups in total. The Morgan fingerprint density at radius 3 is 2.69 bits per heavy atom. The van der Waals surface area contributed by atoms with Crippen LogP contribution in [0.5, 0.6) is 0 Å². The van der Waals surface area contributed by atoms with Crippen LogP contribution in [-0.2, 0) is 11.2 Å². The number of nitrogens with one attached hydrogen (secondary N) is 2. The van der Waals surface area contributed by atoms with E-state index in [-0.39, 0.29) is 30.9 Å². The van der Waals surface area contributed by atoms with Gasteiger partial charge in [-0.15, -0.1) is 0 Å². The van der Waals surface area contributed by atoms with Crippen LogP contribution in [0.25, 0.3) is 5.78 Å². The summed E-state index contributed by atoms with van der Waals surface area (Å²) in [4.78, 5) is 33.3. The van der Waals surface area contributed by atoms with E-state index in [4.69, 9.17) is 0 Å². The van der Waals surface area contributed by atoms with Gasteiger partial charge in [-0.25, -0.2) is 4.98 Å². The van der Waals surface area contributed by atoms with Gasteiger partial charge in [0.25, 0.3) is 11.3 Å². The van der Waals surface area contributed by atoms with Crippen LogP contribution in [0.15, 0.2) is 35.1 Å². The topological polar surface area (TPSA) is 112 Å². The summed E-state index contributed by atoms with van der Waals surface area (Å²) in [5.74, 6) is 0.678. The van der Waals surface area contributed by atoms with E-state index in [0.29, 0.717) is 22.9 Å². The third kappa shape index (κ3) is 3.65. The van der Waals surface area contributed by atoms with Gasteiger partial charge in [-0.1, -0.05) is 30.3 Å². The lowest BCUT2D eigenvalue weighted by Gasteiger charge is -2.16. The van der Waals surface area contributed by atoms with E-state index < -0.39 is 6.04 Å². The molecule has 136 valence electrons. The second-order valence-electron chi connectivity index (χ2n) is 6.14. The highest BCUT2D eigenvalue weighted by Gasteiger charge is 2.16. The van der Waals surface area contributed by atoms with E-state index >= 15 is 0 Å². The maximum Gasteiger partial charge on any atom is 0.277 e. The van der Waals surface area contributed by atoms with Gasteiger partial charge >= 0.3 is 0 Å². The van der Waals surface area contributed by atoms with E-state index in [1.54, 1.807) is 13.8 Å². The van der Waals surface area contributed by atoms with Crippen molar-refractivity contribution >= 4 is 11.7 Å². The molecule has 0 saturated carbocycles. The first-order valence-electron chi connectivity index (χ1n) is 8.39. The summed E-state index contributed by atoms with van der Waals surface area (Å²) in [6.45, 7) is 3.28. The van der Waals surface area contributed by atoms with Crippen LogP contribution in [0.4, 0.5) is 0 Å². The molecule has 1 aromatic carbocycles. The first-order chi connectivity index (χ1) is 12.5. The van der Waals surface area contributed by atoms with E-state index in [9.17, 15) is 14.7 Å². The average molecular weight is 355 g/mol. The van der Waals surface area contributed by atoms with E-state index in [1.165, 1.54) is 4.52 Å². The number of aromatic amines is 1. The van der Waals surface area contributed by atoms with Gasteiger partial charge < -0.3 is 10.4 Å². The molecule has 8 heteroatoms. The molecule has 1 atom stereocenters. The highest BCUT2D eigenvalue weighted by Crippen LogP contribution is 2.12. The zero-order valence-corrected chi connectivity index (χ0v) is 14.7. The number of amides is 1. The van der Waals surface area contributed by atoms with Gasteiger partial charge in [-0.3, -0.25) is 14.7 Å². The third-order valence-electron chi connectivity index (χ3n) is 4.23. The van der Waals surface area contributed by atoms with Gasteiger partial charge in [0, 0.05) is 12.0 Å². The Labute approximate surface area is 149 Å². The molecule has 0 saturated heterocycles. The molecule has 3 aromatic rings. The predicted octanol–water partition coefficient (Wildman–Crippen LogP) is 0.817. The molecule has 0 spiro atoms. The van der Waals surface area contributed by atoms with Gasteiger partial charge in [0.1, 0.15) is 5.82 Å². The molecule has 0 unspecified atom stereocenters. The average Bonchev–Trinajstić information content (AvgIpc) is 3.00. The van der Waals surface area contributed by atoms with Crippen molar-refractivity contribution < 1.29 is 9.90 Å². The molecular weight excluding hydrogens is 334 g/mol. The number of fused-ring (bicyclic) bond motifs is 1. The summed E-state index contributed by atoms with van der Waals surface area (Å²) in [6.07, 6.45) is 0.387. The minimum Gasteiger partial charge on any atom is -0.394 e. The third-order valence-corrected chi connectivity index (χ3v) is 4.23. The number of aliphatic hydroxyl groups excluding tert-OH is 1. The second kappa shape index (κ2) is 7.49. The minimum atomic E-state index is -0.471. The fourth-order valence-electron chi connectivity index (χ4n) is 2.87. The lowest BCUT2D eigenvalue weighted by Crippen LogP contribution is -2.31. The summed E-state index contributed by atoms with van der Waals surface area (Å²) in [7, 11) is 0. The zero-order valence-electron chi connectivity index (χ0n) is 14.7. The number of aliphatic hydroxyl groups is 1. The number of H-pyrrole nitrogens is 1. The van der Waals surface area contributed by atoms with Crippen molar-refractivity contribution in [2.45, 2.75) is 32.7 Å². The Morgan fingerprint density at radius 1 is 1.27 bits per heavy atom. The van der Waals surface area contributed by atoms with E-state index in [2.05, 4.69) is 20.4 Å². The van der Waals surface area contributed by atoms with Gasteiger partial charge in [0.2, 0.25) is 5.91 Å². The number of nitrogens with zero attached hydrogens (tertiary/aromatic N) is 3. The van der Waals surface area contributed by atoms with Crippen molar-refractivity contribution in [2.24, 2.45) is 0 Å². The molecule has 0 aliphatic heterocycles. The molecule has 3 rings (SSSR count). The van der Waals surface area contributed by atoms with Crippen LogP contribution in [0, 0.1) is 13.8 Å². The summed E-state index contributed by atoms with van der Waals surface area (Å²) in [6, 6.07) is 8.79. The fourth-order valence-corrected chi connectivity index (χ4v) is 2.87. The number of hydrogen-bond acceptors (Lipinski definition) is 5. The van der Waals surface area contributed by atoms with Crippen molar-refractivity contribution in [3.8, 4) is 0 Å². The number of aryl methyl sites for hydroxylation is 2. The Bertz CT molecular complexity index is 978. The molecule has 2 heterocycles. The van der Waals surface area contributed by atoms with Gasteiger partial charge in [0.05, 0.1) is 18.3 Å². The van der Waals surface area contributed by atoms with Crippen LogP contribution in [0.2, 0.25) is 0 Å². The molecule has 0 fully saturated rings. The highest BCUT2D eigenvalue weighted by atomic mass is 16.3. The Hall–Kier alpha value is -3.00. The van der Waals surface area contributed by atoms with Crippen molar-refractivity contribution in [2.75, 3.05) is 6.61 Å². The molecule has 2 aromatic heterocycles. The van der Waals surface area contributed by atoms with Crippen LogP contribution >= 0.6 is 0 Å². The normalized spacial score (nSPS) is 12.3. The quantitative estimate of drug-likeness (QED) is 0.606. The highest BCUT2D eigenvalue weighted by molar-refractivity contribution is 5.76. The number of benzene rings is 1. The van der Waals surface area contributed by atoms with E-state index in [1.807, 2.05) is 30.3 Å². The molecule has 1 amide bonds. The van der Waals surface area contributed by atoms with Gasteiger partial charge in [-0.05, 0) is 25.8 Å². The number of hydrogen-bond donors (Lipinski definition) is 3. The lowest BCUT2D eigenvalue weighted by atomic mass is 10.1. The van der Waals surface area contributed by atoms with Crippen molar-refractivity contribution in [1.29, 1.82) is 0 Å². The maximum atomic E-state index is 12.6. The molecule has 0 radical (unpaired) electrons. The van der Waals surface area contributed by atoms with Crippen LogP contribution in [-0.4, -0.2) is 37.2 Å². The summed E-state index contributed by atoms with van der Waals surface area (Å²) in [5, 5.41) is 15.2. The van der Waals surface area contributed by atoms with Crippen molar-refractivity contribution in [3.63, 3.8) is 0 Å². The molecule has 8 nitrogen and oxygen atoms in total. The summed E-state index contributed by atoms with van der Waals surface area (Å²) >= 11 is 0. The first-order valence-corrected chi connectivity index (χ1v) is 8.39. The van der Waals surface area contributed by atoms with Crippen molar-refractivity contribution in [1.82, 2.24) is 24.9 Å². The molecule has 0 aliphatic carbocycles. The zero-order chi connectivity index (χ0) is 18.7. The summed E-state index contributed by atoms with van der Waals surface area (Å²) in [5.41, 5.74) is 1.62. The molecule has 0 bridgehead atoms. The van der Waals surface area contributed by atoms with Crippen LogP contribution < -0.4 is 10.9 Å². The van der Waals surface area contributed by atoms with Gasteiger partial charge in [-0.2, -0.15) is 9.50 Å².